The van der Waals surface area contributed by atoms with Crippen LogP contribution in [0.2, 0.25) is 0 Å². The van der Waals surface area contributed by atoms with Gasteiger partial charge in [0.15, 0.2) is 0 Å². The number of esters is 2. The molecule has 130 valence electrons. The van der Waals surface area contributed by atoms with Gasteiger partial charge in [0, 0.05) is 0 Å². The molecule has 0 fully saturated rings. The van der Waals surface area contributed by atoms with E-state index in [1.807, 2.05) is 0 Å². The van der Waals surface area contributed by atoms with Crippen LogP contribution in [0.3, 0.4) is 0 Å². The van der Waals surface area contributed by atoms with Crippen molar-refractivity contribution < 1.29 is 23.9 Å². The summed E-state index contributed by atoms with van der Waals surface area (Å²) >= 11 is 1.23. The van der Waals surface area contributed by atoms with Crippen LogP contribution in [0.25, 0.3) is 0 Å². The minimum atomic E-state index is -0.562. The molecule has 1 atom stereocenters. The molecule has 9 heteroatoms. The zero-order valence-corrected chi connectivity index (χ0v) is 14.7. The highest BCUT2D eigenvalue weighted by molar-refractivity contribution is 7.13. The lowest BCUT2D eigenvalue weighted by atomic mass is 10.0. The molecule has 1 aromatic heterocycles. The van der Waals surface area contributed by atoms with E-state index in [0.717, 1.165) is 5.01 Å². The lowest BCUT2D eigenvalue weighted by molar-refractivity contribution is -0.139. The zero-order valence-electron chi connectivity index (χ0n) is 13.9. The number of aryl methyl sites for hydroxylation is 2. The van der Waals surface area contributed by atoms with Gasteiger partial charge in [-0.2, -0.15) is 0 Å². The molecule has 1 aliphatic heterocycles. The van der Waals surface area contributed by atoms with Gasteiger partial charge in [0.1, 0.15) is 11.5 Å². The van der Waals surface area contributed by atoms with Crippen LogP contribution >= 0.6 is 11.3 Å². The topological polar surface area (TPSA) is 107 Å². The molecule has 2 amide bonds. The van der Waals surface area contributed by atoms with E-state index in [1.165, 1.54) is 11.3 Å². The van der Waals surface area contributed by atoms with Crippen LogP contribution in [0.15, 0.2) is 11.3 Å². The van der Waals surface area contributed by atoms with Crippen molar-refractivity contribution >= 4 is 29.3 Å². The summed E-state index contributed by atoms with van der Waals surface area (Å²) in [6.45, 7) is 6.83. The van der Waals surface area contributed by atoms with Crippen LogP contribution < -0.4 is 10.6 Å². The Morgan fingerprint density at radius 2 is 1.96 bits per heavy atom. The van der Waals surface area contributed by atoms with Crippen LogP contribution in [-0.2, 0) is 14.3 Å². The van der Waals surface area contributed by atoms with Crippen LogP contribution in [-0.4, -0.2) is 42.2 Å². The van der Waals surface area contributed by atoms with Gasteiger partial charge < -0.3 is 20.1 Å². The summed E-state index contributed by atoms with van der Waals surface area (Å²) < 4.78 is 10.2. The predicted molar refractivity (Wildman–Crippen MR) is 86.7 cm³/mol. The summed E-state index contributed by atoms with van der Waals surface area (Å²) in [7, 11) is 0. The van der Waals surface area contributed by atoms with Crippen molar-refractivity contribution in [2.45, 2.75) is 33.7 Å². The summed E-state index contributed by atoms with van der Waals surface area (Å²) in [5.41, 5.74) is 1.04. The van der Waals surface area contributed by atoms with Crippen LogP contribution in [0.1, 0.15) is 34.2 Å². The van der Waals surface area contributed by atoms with Crippen LogP contribution in [0.4, 0.5) is 4.79 Å². The number of carbonyl (C=O) groups is 3. The highest BCUT2D eigenvalue weighted by Gasteiger charge is 2.30. The van der Waals surface area contributed by atoms with Crippen molar-refractivity contribution in [3.63, 3.8) is 0 Å². The Kier molecular flexibility index (Phi) is 5.55. The van der Waals surface area contributed by atoms with Gasteiger partial charge in [0.25, 0.3) is 0 Å². The lowest BCUT2D eigenvalue weighted by Gasteiger charge is -2.26. The molecule has 0 bridgehead atoms. The first-order valence-electron chi connectivity index (χ1n) is 7.42. The average molecular weight is 353 g/mol. The number of nitrogens with one attached hydrogen (secondary N) is 2. The maximum atomic E-state index is 12.2. The molecule has 0 saturated carbocycles. The second-order valence-electron chi connectivity index (χ2n) is 5.16. The number of thiazole rings is 1. The Labute approximate surface area is 143 Å². The summed E-state index contributed by atoms with van der Waals surface area (Å²) in [5, 5.41) is 5.83. The van der Waals surface area contributed by atoms with E-state index in [-0.39, 0.29) is 24.5 Å². The molecule has 0 aromatic carbocycles. The molecular formula is C15H19N3O5S. The van der Waals surface area contributed by atoms with Crippen LogP contribution in [0, 0.1) is 13.8 Å². The second kappa shape index (κ2) is 7.43. The van der Waals surface area contributed by atoms with E-state index in [0.29, 0.717) is 10.6 Å². The fourth-order valence-corrected chi connectivity index (χ4v) is 3.13. The minimum Gasteiger partial charge on any atom is -0.463 e. The van der Waals surface area contributed by atoms with E-state index >= 15 is 0 Å². The van der Waals surface area contributed by atoms with Gasteiger partial charge >= 0.3 is 18.0 Å². The first-order chi connectivity index (χ1) is 11.3. The van der Waals surface area contributed by atoms with Crippen molar-refractivity contribution in [3.8, 4) is 0 Å². The molecule has 8 nitrogen and oxygen atoms in total. The van der Waals surface area contributed by atoms with E-state index in [9.17, 15) is 14.4 Å². The molecule has 2 rings (SSSR count). The minimum absolute atomic E-state index is 0.204. The average Bonchev–Trinajstić information content (AvgIpc) is 2.83. The van der Waals surface area contributed by atoms with Crippen molar-refractivity contribution in [3.05, 3.63) is 26.8 Å². The largest absolute Gasteiger partial charge is 0.463 e. The van der Waals surface area contributed by atoms with Crippen molar-refractivity contribution in [1.82, 2.24) is 15.6 Å². The molecule has 0 unspecified atom stereocenters. The molecule has 2 heterocycles. The predicted octanol–water partition coefficient (Wildman–Crippen LogP) is 1.44. The van der Waals surface area contributed by atoms with Gasteiger partial charge in [-0.3, -0.25) is 0 Å². The smallest absolute Gasteiger partial charge is 0.350 e. The monoisotopic (exact) mass is 353 g/mol. The van der Waals surface area contributed by atoms with Gasteiger partial charge in [-0.15, -0.1) is 11.3 Å². The molecule has 0 radical (unpaired) electrons. The molecule has 2 N–H and O–H groups in total. The summed E-state index contributed by atoms with van der Waals surface area (Å²) in [5.74, 6) is -1.11. The molecule has 0 aliphatic carbocycles. The molecule has 1 aromatic rings. The second-order valence-corrected chi connectivity index (χ2v) is 6.36. The van der Waals surface area contributed by atoms with Crippen molar-refractivity contribution in [1.29, 1.82) is 0 Å². The van der Waals surface area contributed by atoms with E-state index < -0.39 is 24.0 Å². The van der Waals surface area contributed by atoms with E-state index in [4.69, 9.17) is 9.47 Å². The number of urea groups is 1. The summed E-state index contributed by atoms with van der Waals surface area (Å²) in [6.07, 6.45) is 0. The lowest BCUT2D eigenvalue weighted by Crippen LogP contribution is -2.50. The molecule has 1 aliphatic rings. The fraction of sp³-hybridized carbons (Fsp3) is 0.467. The van der Waals surface area contributed by atoms with E-state index in [1.54, 1.807) is 27.7 Å². The van der Waals surface area contributed by atoms with Crippen LogP contribution in [0.5, 0.6) is 0 Å². The Morgan fingerprint density at radius 1 is 1.25 bits per heavy atom. The highest BCUT2D eigenvalue weighted by Crippen LogP contribution is 2.19. The maximum Gasteiger partial charge on any atom is 0.350 e. The normalized spacial score (nSPS) is 17.2. The number of ether oxygens (including phenoxy) is 2. The van der Waals surface area contributed by atoms with Gasteiger partial charge in [-0.25, -0.2) is 19.4 Å². The number of hydrogen-bond donors (Lipinski definition) is 2. The Hall–Kier alpha value is -2.42. The van der Waals surface area contributed by atoms with Gasteiger partial charge in [0.05, 0.1) is 34.6 Å². The first kappa shape index (κ1) is 17.9. The summed E-state index contributed by atoms with van der Waals surface area (Å²) in [6, 6.07) is -1.01. The van der Waals surface area contributed by atoms with Crippen molar-refractivity contribution in [2.24, 2.45) is 0 Å². The fourth-order valence-electron chi connectivity index (χ4n) is 2.32. The Balaban J connectivity index is 2.18. The number of aromatic nitrogens is 1. The number of hydrogen-bond acceptors (Lipinski definition) is 7. The Bertz CT molecular complexity index is 710. The van der Waals surface area contributed by atoms with Gasteiger partial charge in [0.2, 0.25) is 0 Å². The molecule has 24 heavy (non-hydrogen) atoms. The quantitative estimate of drug-likeness (QED) is 0.776. The summed E-state index contributed by atoms with van der Waals surface area (Å²) in [4.78, 5) is 40.4. The zero-order chi connectivity index (χ0) is 17.9. The third-order valence-electron chi connectivity index (χ3n) is 3.30. The SMILES string of the molecule is CCOC(=O)C1=C(COC(=O)c2sc(C)nc2C)NC(=O)N[C@@H]1C. The third-order valence-corrected chi connectivity index (χ3v) is 4.35. The standard InChI is InChI=1S/C15H19N3O5S/c1-5-22-13(19)11-7(2)17-15(21)18-10(11)6-23-14(20)12-8(3)16-9(4)24-12/h7H,5-6H2,1-4H3,(H2,17,18,21)/t7-/m1/s1. The van der Waals surface area contributed by atoms with Crippen molar-refractivity contribution in [2.75, 3.05) is 13.2 Å². The molecule has 0 spiro atoms. The Morgan fingerprint density at radius 3 is 2.54 bits per heavy atom. The number of carbonyl (C=O) groups excluding carboxylic acids is 3. The third kappa shape index (κ3) is 3.91. The maximum absolute atomic E-state index is 12.2. The highest BCUT2D eigenvalue weighted by atomic mass is 32.1. The number of rotatable bonds is 5. The number of amides is 2. The first-order valence-corrected chi connectivity index (χ1v) is 8.24. The molecular weight excluding hydrogens is 334 g/mol. The van der Waals surface area contributed by atoms with E-state index in [2.05, 4.69) is 15.6 Å². The van der Waals surface area contributed by atoms with Gasteiger partial charge in [-0.1, -0.05) is 0 Å². The molecule has 0 saturated heterocycles. The van der Waals surface area contributed by atoms with Gasteiger partial charge in [-0.05, 0) is 27.7 Å². The number of nitrogens with zero attached hydrogens (tertiary/aromatic N) is 1.